The lowest BCUT2D eigenvalue weighted by Crippen LogP contribution is -2.45. The Morgan fingerprint density at radius 1 is 1.17 bits per heavy atom. The third-order valence-electron chi connectivity index (χ3n) is 3.52. The standard InChI is InChI=1S/C17H19BrN2O3S/c1-12-11-14(9-10-16(12)18)19-17(21)13(2)20(24(3,22)23)15-7-5-4-6-8-15/h4-11,13H,1-3H3,(H,19,21). The fourth-order valence-corrected chi connectivity index (χ4v) is 3.77. The van der Waals surface area contributed by atoms with Crippen LogP contribution in [0.1, 0.15) is 12.5 Å². The van der Waals surface area contributed by atoms with E-state index in [-0.39, 0.29) is 0 Å². The van der Waals surface area contributed by atoms with Crippen molar-refractivity contribution < 1.29 is 13.2 Å². The van der Waals surface area contributed by atoms with Crippen molar-refractivity contribution >= 4 is 43.2 Å². The van der Waals surface area contributed by atoms with Gasteiger partial charge in [0, 0.05) is 10.2 Å². The van der Waals surface area contributed by atoms with E-state index >= 15 is 0 Å². The molecule has 0 heterocycles. The fraction of sp³-hybridized carbons (Fsp3) is 0.235. The van der Waals surface area contributed by atoms with Crippen LogP contribution in [-0.4, -0.2) is 26.6 Å². The average molecular weight is 411 g/mol. The highest BCUT2D eigenvalue weighted by atomic mass is 79.9. The van der Waals surface area contributed by atoms with Crippen molar-refractivity contribution in [3.8, 4) is 0 Å². The summed E-state index contributed by atoms with van der Waals surface area (Å²) in [7, 11) is -3.60. The van der Waals surface area contributed by atoms with Gasteiger partial charge >= 0.3 is 0 Å². The minimum Gasteiger partial charge on any atom is -0.324 e. The Morgan fingerprint density at radius 3 is 2.33 bits per heavy atom. The normalized spacial score (nSPS) is 12.5. The number of carbonyl (C=O) groups excluding carboxylic acids is 1. The second kappa shape index (κ2) is 7.36. The molecule has 1 N–H and O–H groups in total. The van der Waals surface area contributed by atoms with Crippen molar-refractivity contribution in [3.63, 3.8) is 0 Å². The Balaban J connectivity index is 2.27. The van der Waals surface area contributed by atoms with Crippen LogP contribution in [0.15, 0.2) is 53.0 Å². The molecule has 5 nitrogen and oxygen atoms in total. The number of nitrogens with zero attached hydrogens (tertiary/aromatic N) is 1. The van der Waals surface area contributed by atoms with Crippen molar-refractivity contribution in [2.45, 2.75) is 19.9 Å². The van der Waals surface area contributed by atoms with Gasteiger partial charge < -0.3 is 5.32 Å². The molecule has 1 atom stereocenters. The average Bonchev–Trinajstić information content (AvgIpc) is 2.50. The van der Waals surface area contributed by atoms with Crippen LogP contribution in [0.4, 0.5) is 11.4 Å². The summed E-state index contributed by atoms with van der Waals surface area (Å²) in [5, 5.41) is 2.77. The third kappa shape index (κ3) is 4.36. The van der Waals surface area contributed by atoms with Crippen molar-refractivity contribution in [2.75, 3.05) is 15.9 Å². The van der Waals surface area contributed by atoms with Crippen LogP contribution < -0.4 is 9.62 Å². The molecule has 2 rings (SSSR count). The number of benzene rings is 2. The van der Waals surface area contributed by atoms with Gasteiger partial charge in [0.25, 0.3) is 0 Å². The maximum Gasteiger partial charge on any atom is 0.247 e. The largest absolute Gasteiger partial charge is 0.324 e. The van der Waals surface area contributed by atoms with Gasteiger partial charge in [-0.15, -0.1) is 0 Å². The van der Waals surface area contributed by atoms with E-state index in [1.165, 1.54) is 0 Å². The minimum atomic E-state index is -3.60. The predicted octanol–water partition coefficient (Wildman–Crippen LogP) is 3.55. The first kappa shape index (κ1) is 18.5. The van der Waals surface area contributed by atoms with E-state index in [0.29, 0.717) is 11.4 Å². The molecule has 0 radical (unpaired) electrons. The highest BCUT2D eigenvalue weighted by Gasteiger charge is 2.29. The van der Waals surface area contributed by atoms with Crippen LogP contribution in [-0.2, 0) is 14.8 Å². The van der Waals surface area contributed by atoms with Crippen molar-refractivity contribution in [3.05, 3.63) is 58.6 Å². The SMILES string of the molecule is Cc1cc(NC(=O)C(C)N(c2ccccc2)S(C)(=O)=O)ccc1Br. The first-order valence-corrected chi connectivity index (χ1v) is 9.96. The van der Waals surface area contributed by atoms with Crippen LogP contribution in [0.2, 0.25) is 0 Å². The number of nitrogens with one attached hydrogen (secondary N) is 1. The Morgan fingerprint density at radius 2 is 1.79 bits per heavy atom. The molecule has 1 amide bonds. The third-order valence-corrected chi connectivity index (χ3v) is 5.66. The van der Waals surface area contributed by atoms with E-state index in [2.05, 4.69) is 21.2 Å². The van der Waals surface area contributed by atoms with E-state index in [9.17, 15) is 13.2 Å². The van der Waals surface area contributed by atoms with E-state index in [1.54, 1.807) is 43.3 Å². The summed E-state index contributed by atoms with van der Waals surface area (Å²) >= 11 is 3.40. The Hall–Kier alpha value is -1.86. The van der Waals surface area contributed by atoms with Gasteiger partial charge in [0.1, 0.15) is 6.04 Å². The molecule has 0 bridgehead atoms. The summed E-state index contributed by atoms with van der Waals surface area (Å²) in [6.07, 6.45) is 1.09. The molecular formula is C17H19BrN2O3S. The Kier molecular flexibility index (Phi) is 5.66. The number of aryl methyl sites for hydroxylation is 1. The van der Waals surface area contributed by atoms with Crippen LogP contribution in [0.25, 0.3) is 0 Å². The van der Waals surface area contributed by atoms with Crippen LogP contribution in [0, 0.1) is 6.92 Å². The summed E-state index contributed by atoms with van der Waals surface area (Å²) in [5.41, 5.74) is 2.05. The molecule has 0 aromatic heterocycles. The Bertz CT molecular complexity index is 838. The molecule has 24 heavy (non-hydrogen) atoms. The van der Waals surface area contributed by atoms with Crippen LogP contribution in [0.3, 0.4) is 0 Å². The number of carbonyl (C=O) groups is 1. The second-order valence-electron chi connectivity index (χ2n) is 5.52. The van der Waals surface area contributed by atoms with E-state index in [4.69, 9.17) is 0 Å². The number of hydrogen-bond donors (Lipinski definition) is 1. The molecule has 0 fully saturated rings. The first-order chi connectivity index (χ1) is 11.2. The molecule has 0 spiro atoms. The summed E-state index contributed by atoms with van der Waals surface area (Å²) < 4.78 is 26.4. The number of halogens is 1. The van der Waals surface area contributed by atoms with Crippen LogP contribution >= 0.6 is 15.9 Å². The number of amides is 1. The number of anilines is 2. The summed E-state index contributed by atoms with van der Waals surface area (Å²) in [4.78, 5) is 12.5. The van der Waals surface area contributed by atoms with Gasteiger partial charge in [-0.25, -0.2) is 8.42 Å². The summed E-state index contributed by atoms with van der Waals surface area (Å²) in [5.74, 6) is -0.397. The number of hydrogen-bond acceptors (Lipinski definition) is 3. The molecule has 1 unspecified atom stereocenters. The van der Waals surface area contributed by atoms with Gasteiger partial charge in [-0.05, 0) is 49.7 Å². The van der Waals surface area contributed by atoms with E-state index in [1.807, 2.05) is 19.1 Å². The van der Waals surface area contributed by atoms with Gasteiger partial charge in [-0.3, -0.25) is 9.10 Å². The number of sulfonamides is 1. The van der Waals surface area contributed by atoms with Gasteiger partial charge in [-0.1, -0.05) is 34.1 Å². The topological polar surface area (TPSA) is 66.5 Å². The number of para-hydroxylation sites is 1. The maximum absolute atomic E-state index is 12.5. The Labute approximate surface area is 150 Å². The first-order valence-electron chi connectivity index (χ1n) is 7.31. The predicted molar refractivity (Wildman–Crippen MR) is 101 cm³/mol. The molecular weight excluding hydrogens is 392 g/mol. The lowest BCUT2D eigenvalue weighted by Gasteiger charge is -2.28. The number of rotatable bonds is 5. The minimum absolute atomic E-state index is 0.397. The zero-order valence-electron chi connectivity index (χ0n) is 13.7. The second-order valence-corrected chi connectivity index (χ2v) is 8.24. The monoisotopic (exact) mass is 410 g/mol. The molecule has 0 aliphatic heterocycles. The lowest BCUT2D eigenvalue weighted by molar-refractivity contribution is -0.116. The quantitative estimate of drug-likeness (QED) is 0.819. The smallest absolute Gasteiger partial charge is 0.247 e. The molecule has 7 heteroatoms. The van der Waals surface area contributed by atoms with E-state index in [0.717, 1.165) is 20.6 Å². The van der Waals surface area contributed by atoms with Crippen molar-refractivity contribution in [2.24, 2.45) is 0 Å². The highest BCUT2D eigenvalue weighted by Crippen LogP contribution is 2.23. The molecule has 0 saturated carbocycles. The van der Waals surface area contributed by atoms with E-state index < -0.39 is 22.0 Å². The molecule has 2 aromatic carbocycles. The van der Waals surface area contributed by atoms with Gasteiger partial charge in [-0.2, -0.15) is 0 Å². The summed E-state index contributed by atoms with van der Waals surface area (Å²) in [6, 6.07) is 13.1. The molecule has 2 aromatic rings. The van der Waals surface area contributed by atoms with Crippen molar-refractivity contribution in [1.82, 2.24) is 0 Å². The molecule has 128 valence electrons. The molecule has 0 aliphatic rings. The zero-order chi connectivity index (χ0) is 17.9. The zero-order valence-corrected chi connectivity index (χ0v) is 16.1. The van der Waals surface area contributed by atoms with Gasteiger partial charge in [0.15, 0.2) is 0 Å². The van der Waals surface area contributed by atoms with Crippen LogP contribution in [0.5, 0.6) is 0 Å². The van der Waals surface area contributed by atoms with Gasteiger partial charge in [0.2, 0.25) is 15.9 Å². The lowest BCUT2D eigenvalue weighted by atomic mass is 10.2. The highest BCUT2D eigenvalue weighted by molar-refractivity contribution is 9.10. The molecule has 0 saturated heterocycles. The summed E-state index contributed by atoms with van der Waals surface area (Å²) in [6.45, 7) is 3.48. The van der Waals surface area contributed by atoms with Gasteiger partial charge in [0.05, 0.1) is 11.9 Å². The maximum atomic E-state index is 12.5. The fourth-order valence-electron chi connectivity index (χ4n) is 2.35. The molecule has 0 aliphatic carbocycles. The van der Waals surface area contributed by atoms with Crippen molar-refractivity contribution in [1.29, 1.82) is 0 Å².